The van der Waals surface area contributed by atoms with Gasteiger partial charge in [0, 0.05) is 30.1 Å². The fourth-order valence-corrected chi connectivity index (χ4v) is 3.84. The van der Waals surface area contributed by atoms with Crippen LogP contribution in [0.25, 0.3) is 0 Å². The van der Waals surface area contributed by atoms with Crippen LogP contribution in [0.2, 0.25) is 0 Å². The first-order valence-corrected chi connectivity index (χ1v) is 9.66. The Kier molecular flexibility index (Phi) is 6.08. The summed E-state index contributed by atoms with van der Waals surface area (Å²) in [5.74, 6) is -0.0291. The monoisotopic (exact) mass is 386 g/mol. The van der Waals surface area contributed by atoms with Crippen LogP contribution in [0, 0.1) is 0 Å². The molecule has 1 fully saturated rings. The van der Waals surface area contributed by atoms with E-state index in [1.165, 1.54) is 11.3 Å². The first-order chi connectivity index (χ1) is 13.0. The van der Waals surface area contributed by atoms with Crippen LogP contribution >= 0.6 is 11.3 Å². The molecule has 0 spiro atoms. The van der Waals surface area contributed by atoms with E-state index in [-0.39, 0.29) is 18.2 Å². The molecule has 4 N–H and O–H groups in total. The molecule has 0 bridgehead atoms. The number of nitrogens with zero attached hydrogens (tertiary/aromatic N) is 1. The Morgan fingerprint density at radius 3 is 2.59 bits per heavy atom. The molecule has 1 aromatic carbocycles. The Labute approximate surface area is 161 Å². The van der Waals surface area contributed by atoms with Gasteiger partial charge in [0.05, 0.1) is 12.5 Å². The lowest BCUT2D eigenvalue weighted by Crippen LogP contribution is -2.36. The van der Waals surface area contributed by atoms with Crippen molar-refractivity contribution in [3.8, 4) is 0 Å². The van der Waals surface area contributed by atoms with E-state index in [1.807, 2.05) is 41.8 Å². The number of hydrogen-bond acceptors (Lipinski definition) is 4. The zero-order valence-electron chi connectivity index (χ0n) is 14.8. The van der Waals surface area contributed by atoms with E-state index in [9.17, 15) is 14.4 Å². The fraction of sp³-hybridized carbons (Fsp3) is 0.316. The summed E-state index contributed by atoms with van der Waals surface area (Å²) < 4.78 is 0. The summed E-state index contributed by atoms with van der Waals surface area (Å²) in [4.78, 5) is 37.9. The molecule has 1 atom stereocenters. The highest BCUT2D eigenvalue weighted by Gasteiger charge is 2.21. The number of carbonyl (C=O) groups is 3. The van der Waals surface area contributed by atoms with Crippen molar-refractivity contribution < 1.29 is 14.4 Å². The van der Waals surface area contributed by atoms with Crippen LogP contribution in [0.5, 0.6) is 0 Å². The van der Waals surface area contributed by atoms with Crippen molar-refractivity contribution in [1.82, 2.24) is 10.6 Å². The molecule has 0 saturated carbocycles. The van der Waals surface area contributed by atoms with Gasteiger partial charge in [-0.1, -0.05) is 18.2 Å². The minimum Gasteiger partial charge on any atom is -0.352 e. The van der Waals surface area contributed by atoms with E-state index in [1.54, 1.807) is 4.90 Å². The molecule has 3 rings (SSSR count). The van der Waals surface area contributed by atoms with Gasteiger partial charge in [0.1, 0.15) is 0 Å². The average molecular weight is 386 g/mol. The van der Waals surface area contributed by atoms with Crippen molar-refractivity contribution in [3.05, 3.63) is 52.2 Å². The molecular weight excluding hydrogens is 364 g/mol. The highest BCUT2D eigenvalue weighted by Crippen LogP contribution is 2.23. The second-order valence-corrected chi connectivity index (χ2v) is 7.35. The predicted molar refractivity (Wildman–Crippen MR) is 104 cm³/mol. The van der Waals surface area contributed by atoms with Gasteiger partial charge in [0.25, 0.3) is 0 Å². The number of thiophene rings is 1. The zero-order valence-corrected chi connectivity index (χ0v) is 15.6. The smallest absolute Gasteiger partial charge is 0.312 e. The predicted octanol–water partition coefficient (Wildman–Crippen LogP) is 2.29. The molecule has 2 aromatic rings. The van der Waals surface area contributed by atoms with E-state index in [0.29, 0.717) is 13.0 Å². The van der Waals surface area contributed by atoms with Gasteiger partial charge in [-0.25, -0.2) is 4.79 Å². The lowest BCUT2D eigenvalue weighted by molar-refractivity contribution is -0.121. The topological polar surface area (TPSA) is 105 Å². The number of nitrogens with two attached hydrogens (primary N) is 1. The first kappa shape index (κ1) is 18.9. The van der Waals surface area contributed by atoms with Crippen molar-refractivity contribution in [2.24, 2.45) is 5.73 Å². The van der Waals surface area contributed by atoms with Gasteiger partial charge in [0.2, 0.25) is 11.8 Å². The third kappa shape index (κ3) is 5.07. The minimum atomic E-state index is -0.659. The third-order valence-corrected chi connectivity index (χ3v) is 5.39. The Bertz CT molecular complexity index is 805. The molecule has 1 aromatic heterocycles. The van der Waals surface area contributed by atoms with Gasteiger partial charge >= 0.3 is 6.03 Å². The minimum absolute atomic E-state index is 0.115. The van der Waals surface area contributed by atoms with Crippen LogP contribution in [0.15, 0.2) is 41.8 Å². The molecule has 4 amide bonds. The van der Waals surface area contributed by atoms with E-state index < -0.39 is 12.1 Å². The molecule has 1 saturated heterocycles. The number of urea groups is 1. The summed E-state index contributed by atoms with van der Waals surface area (Å²) >= 11 is 1.46. The Balaban J connectivity index is 1.53. The van der Waals surface area contributed by atoms with Crippen molar-refractivity contribution in [1.29, 1.82) is 0 Å². The lowest BCUT2D eigenvalue weighted by atomic mass is 10.1. The molecule has 142 valence electrons. The molecule has 1 aliphatic heterocycles. The van der Waals surface area contributed by atoms with Crippen LogP contribution in [-0.2, 0) is 16.1 Å². The van der Waals surface area contributed by atoms with Crippen molar-refractivity contribution in [2.75, 3.05) is 11.4 Å². The van der Waals surface area contributed by atoms with Crippen LogP contribution < -0.4 is 21.3 Å². The molecule has 1 aliphatic rings. The maximum atomic E-state index is 12.3. The number of nitrogens with one attached hydrogen (secondary N) is 2. The molecule has 0 aliphatic carbocycles. The Morgan fingerprint density at radius 1 is 1.22 bits per heavy atom. The summed E-state index contributed by atoms with van der Waals surface area (Å²) in [7, 11) is 0. The second kappa shape index (κ2) is 8.68. The molecule has 0 radical (unpaired) electrons. The maximum absolute atomic E-state index is 12.3. The normalized spacial score (nSPS) is 14.8. The summed E-state index contributed by atoms with van der Waals surface area (Å²) in [5, 5.41) is 7.35. The van der Waals surface area contributed by atoms with Gasteiger partial charge in [-0.15, -0.1) is 11.3 Å². The Hall–Kier alpha value is -2.87. The lowest BCUT2D eigenvalue weighted by Gasteiger charge is -2.17. The van der Waals surface area contributed by atoms with Crippen molar-refractivity contribution >= 4 is 34.9 Å². The fourth-order valence-electron chi connectivity index (χ4n) is 3.06. The number of primary amides is 1. The van der Waals surface area contributed by atoms with Gasteiger partial charge in [-0.05, 0) is 35.6 Å². The quantitative estimate of drug-likeness (QED) is 0.680. The molecular formula is C19H22N4O3S. The van der Waals surface area contributed by atoms with Gasteiger partial charge < -0.3 is 21.3 Å². The van der Waals surface area contributed by atoms with Crippen LogP contribution in [0.4, 0.5) is 10.5 Å². The number of rotatable bonds is 7. The molecule has 8 heteroatoms. The number of carbonyl (C=O) groups excluding carboxylic acids is 3. The second-order valence-electron chi connectivity index (χ2n) is 6.37. The summed E-state index contributed by atoms with van der Waals surface area (Å²) in [5.41, 5.74) is 7.04. The number of benzene rings is 1. The average Bonchev–Trinajstić information content (AvgIpc) is 3.31. The zero-order chi connectivity index (χ0) is 19.2. The van der Waals surface area contributed by atoms with Crippen LogP contribution in [0.1, 0.15) is 35.7 Å². The van der Waals surface area contributed by atoms with Crippen LogP contribution in [-0.4, -0.2) is 24.4 Å². The molecule has 2 heterocycles. The van der Waals surface area contributed by atoms with Crippen molar-refractivity contribution in [2.45, 2.75) is 31.8 Å². The first-order valence-electron chi connectivity index (χ1n) is 8.78. The molecule has 27 heavy (non-hydrogen) atoms. The van der Waals surface area contributed by atoms with E-state index >= 15 is 0 Å². The summed E-state index contributed by atoms with van der Waals surface area (Å²) in [6.45, 7) is 1.13. The molecule has 7 nitrogen and oxygen atoms in total. The number of anilines is 1. The highest BCUT2D eigenvalue weighted by atomic mass is 32.1. The number of hydrogen-bond donors (Lipinski definition) is 3. The van der Waals surface area contributed by atoms with Gasteiger partial charge in [-0.3, -0.25) is 9.59 Å². The largest absolute Gasteiger partial charge is 0.352 e. The summed E-state index contributed by atoms with van der Waals surface area (Å²) in [6, 6.07) is 10.2. The Morgan fingerprint density at radius 2 is 2.00 bits per heavy atom. The molecule has 1 unspecified atom stereocenters. The third-order valence-electron chi connectivity index (χ3n) is 4.40. The van der Waals surface area contributed by atoms with E-state index in [4.69, 9.17) is 5.73 Å². The van der Waals surface area contributed by atoms with Crippen LogP contribution in [0.3, 0.4) is 0 Å². The SMILES string of the molecule is NC(=O)NC(CC(=O)NCc1ccc(N2CCCC2=O)cc1)c1cccs1. The van der Waals surface area contributed by atoms with E-state index in [0.717, 1.165) is 29.1 Å². The summed E-state index contributed by atoms with van der Waals surface area (Å²) in [6.07, 6.45) is 1.60. The van der Waals surface area contributed by atoms with E-state index in [2.05, 4.69) is 10.6 Å². The maximum Gasteiger partial charge on any atom is 0.312 e. The van der Waals surface area contributed by atoms with Gasteiger partial charge in [0.15, 0.2) is 0 Å². The highest BCUT2D eigenvalue weighted by molar-refractivity contribution is 7.10. The number of amides is 4. The van der Waals surface area contributed by atoms with Crippen molar-refractivity contribution in [3.63, 3.8) is 0 Å². The van der Waals surface area contributed by atoms with Gasteiger partial charge in [-0.2, -0.15) is 0 Å². The standard InChI is InChI=1S/C19H22N4O3S/c20-19(26)22-15(16-3-2-10-27-16)11-17(24)21-12-13-5-7-14(8-6-13)23-9-1-4-18(23)25/h2-3,5-8,10,15H,1,4,9,11-12H2,(H,21,24)(H3,20,22,26).